The summed E-state index contributed by atoms with van der Waals surface area (Å²) in [5, 5.41) is 10.1. The maximum Gasteiger partial charge on any atom is 0.181 e. The van der Waals surface area contributed by atoms with Crippen LogP contribution in [0.25, 0.3) is 0 Å². The second-order valence-corrected chi connectivity index (χ2v) is 6.64. The first-order valence-corrected chi connectivity index (χ1v) is 7.77. The first kappa shape index (κ1) is 14.7. The molecule has 5 heteroatoms. The van der Waals surface area contributed by atoms with E-state index in [1.165, 1.54) is 12.1 Å². The highest BCUT2D eigenvalue weighted by atomic mass is 32.2. The molecule has 2 aromatic carbocycles. The Bertz CT molecular complexity index is 693. The summed E-state index contributed by atoms with van der Waals surface area (Å²) < 4.78 is 37.1. The lowest BCUT2D eigenvalue weighted by atomic mass is 10.1. The molecule has 1 unspecified atom stereocenters. The van der Waals surface area contributed by atoms with Gasteiger partial charge in [-0.05, 0) is 42.3 Å². The molecule has 0 aromatic heterocycles. The van der Waals surface area contributed by atoms with Crippen molar-refractivity contribution in [3.63, 3.8) is 0 Å². The van der Waals surface area contributed by atoms with Gasteiger partial charge in [-0.1, -0.05) is 24.3 Å². The fourth-order valence-electron chi connectivity index (χ4n) is 2.00. The highest BCUT2D eigenvalue weighted by Crippen LogP contribution is 2.22. The van der Waals surface area contributed by atoms with Gasteiger partial charge >= 0.3 is 0 Å². The quantitative estimate of drug-likeness (QED) is 0.882. The van der Waals surface area contributed by atoms with Crippen LogP contribution in [0.2, 0.25) is 0 Å². The highest BCUT2D eigenvalue weighted by Gasteiger charge is 2.21. The Morgan fingerprint density at radius 2 is 1.70 bits per heavy atom. The van der Waals surface area contributed by atoms with Crippen LogP contribution >= 0.6 is 0 Å². The molecule has 0 bridgehead atoms. The molecule has 0 aliphatic heterocycles. The molecule has 0 fully saturated rings. The topological polar surface area (TPSA) is 54.4 Å². The van der Waals surface area contributed by atoms with Gasteiger partial charge < -0.3 is 5.11 Å². The van der Waals surface area contributed by atoms with Gasteiger partial charge in [-0.3, -0.25) is 0 Å². The van der Waals surface area contributed by atoms with Crippen molar-refractivity contribution in [3.05, 3.63) is 65.5 Å². The minimum Gasteiger partial charge on any atom is -0.387 e. The molecule has 0 aliphatic carbocycles. The number of aliphatic hydroxyl groups excluding tert-OH is 1. The number of aliphatic hydroxyl groups is 1. The predicted octanol–water partition coefficient (Wildman–Crippen LogP) is 2.64. The molecular weight excluding hydrogens is 279 g/mol. The van der Waals surface area contributed by atoms with E-state index in [0.29, 0.717) is 5.56 Å². The summed E-state index contributed by atoms with van der Waals surface area (Å²) >= 11 is 0. The second kappa shape index (κ2) is 5.73. The molecule has 1 atom stereocenters. The summed E-state index contributed by atoms with van der Waals surface area (Å²) in [6, 6.07) is 11.7. The fraction of sp³-hybridized carbons (Fsp3) is 0.200. The van der Waals surface area contributed by atoms with Crippen LogP contribution in [0.1, 0.15) is 17.2 Å². The van der Waals surface area contributed by atoms with E-state index in [1.807, 2.05) is 19.1 Å². The van der Waals surface area contributed by atoms with Gasteiger partial charge in [0.25, 0.3) is 0 Å². The molecular formula is C15H15FO3S. The summed E-state index contributed by atoms with van der Waals surface area (Å²) in [7, 11) is -3.66. The summed E-state index contributed by atoms with van der Waals surface area (Å²) in [5.41, 5.74) is 1.41. The van der Waals surface area contributed by atoms with E-state index in [1.54, 1.807) is 12.1 Å². The van der Waals surface area contributed by atoms with Gasteiger partial charge in [-0.25, -0.2) is 12.8 Å². The van der Waals surface area contributed by atoms with E-state index < -0.39 is 27.5 Å². The summed E-state index contributed by atoms with van der Waals surface area (Å²) in [4.78, 5) is 0.00605. The zero-order valence-electron chi connectivity index (χ0n) is 11.0. The van der Waals surface area contributed by atoms with Crippen molar-refractivity contribution >= 4 is 9.84 Å². The molecule has 0 heterocycles. The van der Waals surface area contributed by atoms with E-state index in [9.17, 15) is 17.9 Å². The SMILES string of the molecule is Cc1ccccc1C(O)CS(=O)(=O)c1ccc(F)cc1. The minimum atomic E-state index is -3.66. The lowest BCUT2D eigenvalue weighted by molar-refractivity contribution is 0.201. The molecule has 106 valence electrons. The van der Waals surface area contributed by atoms with Crippen LogP contribution in [-0.4, -0.2) is 19.3 Å². The normalized spacial score (nSPS) is 13.2. The van der Waals surface area contributed by atoms with Crippen molar-refractivity contribution in [2.75, 3.05) is 5.75 Å². The van der Waals surface area contributed by atoms with Crippen LogP contribution in [0.15, 0.2) is 53.4 Å². The molecule has 20 heavy (non-hydrogen) atoms. The zero-order chi connectivity index (χ0) is 14.8. The zero-order valence-corrected chi connectivity index (χ0v) is 11.8. The molecule has 0 spiro atoms. The Hall–Kier alpha value is -1.72. The third-order valence-electron chi connectivity index (χ3n) is 3.10. The lowest BCUT2D eigenvalue weighted by Crippen LogP contribution is -2.15. The Kier molecular flexibility index (Phi) is 4.20. The Balaban J connectivity index is 2.24. The van der Waals surface area contributed by atoms with Crippen molar-refractivity contribution in [3.8, 4) is 0 Å². The van der Waals surface area contributed by atoms with E-state index in [0.717, 1.165) is 17.7 Å². The summed E-state index contributed by atoms with van der Waals surface area (Å²) in [6.45, 7) is 1.81. The number of rotatable bonds is 4. The molecule has 0 radical (unpaired) electrons. The maximum atomic E-state index is 12.8. The summed E-state index contributed by atoms with van der Waals surface area (Å²) in [5.74, 6) is -0.924. The Labute approximate surface area is 117 Å². The number of halogens is 1. The van der Waals surface area contributed by atoms with Crippen molar-refractivity contribution in [2.24, 2.45) is 0 Å². The molecule has 0 saturated carbocycles. The number of sulfone groups is 1. The maximum absolute atomic E-state index is 12.8. The average Bonchev–Trinajstić information content (AvgIpc) is 2.39. The second-order valence-electron chi connectivity index (χ2n) is 4.61. The van der Waals surface area contributed by atoms with Gasteiger partial charge in [0.2, 0.25) is 0 Å². The number of aryl methyl sites for hydroxylation is 1. The minimum absolute atomic E-state index is 0.00605. The third kappa shape index (κ3) is 3.23. The van der Waals surface area contributed by atoms with Gasteiger partial charge in [0, 0.05) is 0 Å². The Morgan fingerprint density at radius 3 is 2.30 bits per heavy atom. The van der Waals surface area contributed by atoms with Crippen LogP contribution in [0, 0.1) is 12.7 Å². The van der Waals surface area contributed by atoms with E-state index >= 15 is 0 Å². The van der Waals surface area contributed by atoms with Crippen molar-refractivity contribution in [1.29, 1.82) is 0 Å². The third-order valence-corrected chi connectivity index (χ3v) is 4.84. The smallest absolute Gasteiger partial charge is 0.181 e. The van der Waals surface area contributed by atoms with Crippen LogP contribution < -0.4 is 0 Å². The molecule has 2 aromatic rings. The molecule has 0 aliphatic rings. The van der Waals surface area contributed by atoms with E-state index in [4.69, 9.17) is 0 Å². The van der Waals surface area contributed by atoms with Crippen molar-refractivity contribution in [2.45, 2.75) is 17.9 Å². The first-order valence-electron chi connectivity index (χ1n) is 6.12. The van der Waals surface area contributed by atoms with Gasteiger partial charge in [-0.15, -0.1) is 0 Å². The predicted molar refractivity (Wildman–Crippen MR) is 74.6 cm³/mol. The highest BCUT2D eigenvalue weighted by molar-refractivity contribution is 7.91. The van der Waals surface area contributed by atoms with Gasteiger partial charge in [0.05, 0.1) is 16.8 Å². The van der Waals surface area contributed by atoms with Crippen molar-refractivity contribution in [1.82, 2.24) is 0 Å². The lowest BCUT2D eigenvalue weighted by Gasteiger charge is -2.14. The fourth-order valence-corrected chi connectivity index (χ4v) is 3.33. The van der Waals surface area contributed by atoms with Crippen LogP contribution in [0.5, 0.6) is 0 Å². The molecule has 1 N–H and O–H groups in total. The van der Waals surface area contributed by atoms with Crippen LogP contribution in [-0.2, 0) is 9.84 Å². The van der Waals surface area contributed by atoms with Crippen LogP contribution in [0.3, 0.4) is 0 Å². The molecule has 0 saturated heterocycles. The van der Waals surface area contributed by atoms with Gasteiger partial charge in [0.15, 0.2) is 9.84 Å². The largest absolute Gasteiger partial charge is 0.387 e. The molecule has 2 rings (SSSR count). The number of hydrogen-bond donors (Lipinski definition) is 1. The number of benzene rings is 2. The monoisotopic (exact) mass is 294 g/mol. The number of hydrogen-bond acceptors (Lipinski definition) is 3. The van der Waals surface area contributed by atoms with Gasteiger partial charge in [-0.2, -0.15) is 0 Å². The van der Waals surface area contributed by atoms with E-state index in [-0.39, 0.29) is 4.90 Å². The average molecular weight is 294 g/mol. The first-order chi connectivity index (χ1) is 9.40. The Morgan fingerprint density at radius 1 is 1.10 bits per heavy atom. The standard InChI is InChI=1S/C15H15FO3S/c1-11-4-2-3-5-14(11)15(17)10-20(18,19)13-8-6-12(16)7-9-13/h2-9,15,17H,10H2,1H3. The molecule has 3 nitrogen and oxygen atoms in total. The summed E-state index contributed by atoms with van der Waals surface area (Å²) in [6.07, 6.45) is -1.11. The van der Waals surface area contributed by atoms with Crippen molar-refractivity contribution < 1.29 is 17.9 Å². The van der Waals surface area contributed by atoms with Crippen LogP contribution in [0.4, 0.5) is 4.39 Å². The van der Waals surface area contributed by atoms with Gasteiger partial charge in [0.1, 0.15) is 5.82 Å². The van der Waals surface area contributed by atoms with E-state index in [2.05, 4.69) is 0 Å². The molecule has 0 amide bonds.